The lowest BCUT2D eigenvalue weighted by atomic mass is 9.94. The Labute approximate surface area is 154 Å². The molecule has 0 saturated carbocycles. The van der Waals surface area contributed by atoms with Crippen molar-refractivity contribution in [3.05, 3.63) is 71.0 Å². The van der Waals surface area contributed by atoms with Crippen LogP contribution in [0.3, 0.4) is 0 Å². The van der Waals surface area contributed by atoms with Crippen LogP contribution in [0.2, 0.25) is 0 Å². The second kappa shape index (κ2) is 10.4. The predicted octanol–water partition coefficient (Wildman–Crippen LogP) is 5.61. The summed E-state index contributed by atoms with van der Waals surface area (Å²) in [5, 5.41) is 11.1. The van der Waals surface area contributed by atoms with Gasteiger partial charge in [0.2, 0.25) is 0 Å². The van der Waals surface area contributed by atoms with Gasteiger partial charge >= 0.3 is 0 Å². The van der Waals surface area contributed by atoms with Gasteiger partial charge in [-0.1, -0.05) is 51.3 Å². The number of epoxide rings is 1. The second-order valence-electron chi connectivity index (χ2n) is 6.39. The van der Waals surface area contributed by atoms with Crippen LogP contribution in [0, 0.1) is 5.92 Å². The van der Waals surface area contributed by atoms with Crippen molar-refractivity contribution in [2.24, 2.45) is 5.92 Å². The van der Waals surface area contributed by atoms with E-state index in [-0.39, 0.29) is 11.9 Å². The van der Waals surface area contributed by atoms with E-state index in [4.69, 9.17) is 9.47 Å². The molecule has 1 heterocycles. The third-order valence-corrected chi connectivity index (χ3v) is 4.46. The zero-order valence-corrected chi connectivity index (χ0v) is 17.0. The van der Waals surface area contributed by atoms with E-state index in [1.165, 1.54) is 0 Å². The number of aliphatic hydroxyl groups is 1. The normalized spacial score (nSPS) is 20.0. The summed E-state index contributed by atoms with van der Waals surface area (Å²) >= 11 is 0. The highest BCUT2D eigenvalue weighted by Crippen LogP contribution is 2.31. The van der Waals surface area contributed by atoms with E-state index in [1.807, 2.05) is 26.0 Å². The van der Waals surface area contributed by atoms with E-state index >= 15 is 0 Å². The fourth-order valence-corrected chi connectivity index (χ4v) is 2.81. The van der Waals surface area contributed by atoms with Gasteiger partial charge in [-0.05, 0) is 36.5 Å². The molecule has 1 aliphatic heterocycles. The molecule has 0 radical (unpaired) electrons. The molecule has 1 saturated heterocycles. The van der Waals surface area contributed by atoms with Crippen LogP contribution in [0.25, 0.3) is 0 Å². The van der Waals surface area contributed by atoms with Crippen LogP contribution in [0.4, 0.5) is 0 Å². The zero-order valence-electron chi connectivity index (χ0n) is 15.8. The van der Waals surface area contributed by atoms with Crippen molar-refractivity contribution in [2.75, 3.05) is 13.2 Å². The highest BCUT2D eigenvalue weighted by molar-refractivity contribution is 7.23. The standard InChI is InChI=1S/C21H31O3P/c1-7-10-19(25)20(22)15(6)11-16(8-2)21(18(9-3)14(4)5)24-13-17-12-23-17/h7-10,14,17,22H,1,3,11-13,25H2,2,4-6H3/b16-8-,19-10+,20-15-,21-18-. The summed E-state index contributed by atoms with van der Waals surface area (Å²) in [6.07, 6.45) is 8.09. The maximum Gasteiger partial charge on any atom is 0.126 e. The van der Waals surface area contributed by atoms with Gasteiger partial charge in [0.25, 0.3) is 0 Å². The van der Waals surface area contributed by atoms with Gasteiger partial charge in [0.15, 0.2) is 0 Å². The molecule has 4 heteroatoms. The minimum absolute atomic E-state index is 0.186. The fraction of sp³-hybridized carbons (Fsp3) is 0.429. The molecule has 0 aromatic carbocycles. The summed E-state index contributed by atoms with van der Waals surface area (Å²) in [6.45, 7) is 17.1. The van der Waals surface area contributed by atoms with Crippen LogP contribution in [0.1, 0.15) is 34.1 Å². The van der Waals surface area contributed by atoms with Crippen LogP contribution in [0.15, 0.2) is 71.0 Å². The van der Waals surface area contributed by atoms with E-state index in [0.29, 0.717) is 24.3 Å². The lowest BCUT2D eigenvalue weighted by Crippen LogP contribution is -2.09. The van der Waals surface area contributed by atoms with Crippen molar-refractivity contribution in [3.8, 4) is 0 Å². The lowest BCUT2D eigenvalue weighted by molar-refractivity contribution is 0.185. The maximum absolute atomic E-state index is 10.4. The van der Waals surface area contributed by atoms with Crippen LogP contribution in [-0.2, 0) is 9.47 Å². The van der Waals surface area contributed by atoms with Crippen molar-refractivity contribution in [2.45, 2.75) is 40.2 Å². The van der Waals surface area contributed by atoms with E-state index in [2.05, 4.69) is 36.2 Å². The molecule has 1 fully saturated rings. The van der Waals surface area contributed by atoms with E-state index in [1.54, 1.807) is 12.2 Å². The first-order valence-electron chi connectivity index (χ1n) is 8.59. The number of aliphatic hydroxyl groups excluding tert-OH is 1. The third kappa shape index (κ3) is 6.68. The van der Waals surface area contributed by atoms with E-state index in [0.717, 1.165) is 29.1 Å². The largest absolute Gasteiger partial charge is 0.507 e. The van der Waals surface area contributed by atoms with Crippen LogP contribution < -0.4 is 0 Å². The van der Waals surface area contributed by atoms with Gasteiger partial charge in [0.05, 0.1) is 6.61 Å². The van der Waals surface area contributed by atoms with Crippen LogP contribution in [0.5, 0.6) is 0 Å². The molecule has 3 nitrogen and oxygen atoms in total. The Kier molecular flexibility index (Phi) is 8.96. The Morgan fingerprint density at radius 2 is 2.04 bits per heavy atom. The minimum Gasteiger partial charge on any atom is -0.507 e. The van der Waals surface area contributed by atoms with Gasteiger partial charge in [-0.15, -0.1) is 9.24 Å². The highest BCUT2D eigenvalue weighted by atomic mass is 31.0. The summed E-state index contributed by atoms with van der Waals surface area (Å²) in [6, 6.07) is 0. The van der Waals surface area contributed by atoms with Gasteiger partial charge in [0.1, 0.15) is 24.2 Å². The van der Waals surface area contributed by atoms with Crippen molar-refractivity contribution in [1.82, 2.24) is 0 Å². The molecule has 25 heavy (non-hydrogen) atoms. The van der Waals surface area contributed by atoms with Gasteiger partial charge < -0.3 is 14.6 Å². The first-order chi connectivity index (χ1) is 11.8. The molecule has 1 N–H and O–H groups in total. The van der Waals surface area contributed by atoms with Crippen LogP contribution >= 0.6 is 9.24 Å². The average molecular weight is 362 g/mol. The Balaban J connectivity index is 3.16. The van der Waals surface area contributed by atoms with E-state index < -0.39 is 0 Å². The SMILES string of the molecule is C=C/C=C(P)\C(O)=C(/C)CC(=C/C)/C(OCC1CO1)=C(\C=C)C(C)C. The summed E-state index contributed by atoms with van der Waals surface area (Å²) < 4.78 is 11.4. The number of ether oxygens (including phenoxy) is 2. The van der Waals surface area contributed by atoms with Gasteiger partial charge in [-0.2, -0.15) is 0 Å². The molecule has 138 valence electrons. The monoisotopic (exact) mass is 362 g/mol. The molecule has 0 aliphatic carbocycles. The first-order valence-corrected chi connectivity index (χ1v) is 9.17. The number of hydrogen-bond donors (Lipinski definition) is 1. The van der Waals surface area contributed by atoms with Crippen molar-refractivity contribution < 1.29 is 14.6 Å². The molecule has 2 unspecified atom stereocenters. The quantitative estimate of drug-likeness (QED) is 0.238. The molecule has 0 bridgehead atoms. The van der Waals surface area contributed by atoms with Gasteiger partial charge in [0, 0.05) is 11.7 Å². The summed E-state index contributed by atoms with van der Waals surface area (Å²) in [5.74, 6) is 1.39. The smallest absolute Gasteiger partial charge is 0.126 e. The van der Waals surface area contributed by atoms with E-state index in [9.17, 15) is 5.11 Å². The number of rotatable bonds is 10. The van der Waals surface area contributed by atoms with Crippen LogP contribution in [-0.4, -0.2) is 24.4 Å². The zero-order chi connectivity index (χ0) is 19.0. The first kappa shape index (κ1) is 21.5. The van der Waals surface area contributed by atoms with Crippen molar-refractivity contribution in [1.29, 1.82) is 0 Å². The molecule has 0 amide bonds. The molecule has 1 rings (SSSR count). The molecular formula is C21H31O3P. The number of allylic oxidation sites excluding steroid dienone is 8. The molecule has 2 atom stereocenters. The molecular weight excluding hydrogens is 331 g/mol. The maximum atomic E-state index is 10.4. The highest BCUT2D eigenvalue weighted by Gasteiger charge is 2.25. The van der Waals surface area contributed by atoms with Crippen molar-refractivity contribution >= 4 is 9.24 Å². The molecule has 0 aromatic heterocycles. The molecule has 0 aromatic rings. The second-order valence-corrected chi connectivity index (χ2v) is 7.01. The summed E-state index contributed by atoms with van der Waals surface area (Å²) in [5.41, 5.74) is 2.96. The Hall–Kier alpha value is -1.57. The lowest BCUT2D eigenvalue weighted by Gasteiger charge is -2.20. The summed E-state index contributed by atoms with van der Waals surface area (Å²) in [7, 11) is 2.53. The summed E-state index contributed by atoms with van der Waals surface area (Å²) in [4.78, 5) is 0. The Morgan fingerprint density at radius 3 is 2.48 bits per heavy atom. The van der Waals surface area contributed by atoms with Crippen molar-refractivity contribution in [3.63, 3.8) is 0 Å². The molecule has 1 aliphatic rings. The minimum atomic E-state index is 0.186. The third-order valence-electron chi connectivity index (χ3n) is 3.99. The predicted molar refractivity (Wildman–Crippen MR) is 109 cm³/mol. The topological polar surface area (TPSA) is 42.0 Å². The molecule has 0 spiro atoms. The number of hydrogen-bond acceptors (Lipinski definition) is 3. The Bertz CT molecular complexity index is 617. The van der Waals surface area contributed by atoms with Gasteiger partial charge in [-0.3, -0.25) is 0 Å². The van der Waals surface area contributed by atoms with Gasteiger partial charge in [-0.25, -0.2) is 0 Å². The Morgan fingerprint density at radius 1 is 1.40 bits per heavy atom. The fourth-order valence-electron chi connectivity index (χ4n) is 2.43. The average Bonchev–Trinajstić information content (AvgIpc) is 3.39.